The van der Waals surface area contributed by atoms with Gasteiger partial charge in [0, 0.05) is 26.4 Å². The van der Waals surface area contributed by atoms with Crippen LogP contribution in [0.1, 0.15) is 82.0 Å². The van der Waals surface area contributed by atoms with Crippen LogP contribution >= 0.6 is 23.1 Å². The number of benzene rings is 1. The number of aromatic nitrogens is 2. The summed E-state index contributed by atoms with van der Waals surface area (Å²) in [6.07, 6.45) is 11.5. The second-order valence-corrected chi connectivity index (χ2v) is 13.4. The predicted molar refractivity (Wildman–Crippen MR) is 156 cm³/mol. The van der Waals surface area contributed by atoms with Crippen LogP contribution in [0.4, 0.5) is 10.9 Å². The average Bonchev–Trinajstić information content (AvgIpc) is 3.21. The molecule has 4 nitrogen and oxygen atoms in total. The van der Waals surface area contributed by atoms with E-state index < -0.39 is 0 Å². The summed E-state index contributed by atoms with van der Waals surface area (Å²) in [6.45, 7) is 9.00. The quantitative estimate of drug-likeness (QED) is 0.339. The van der Waals surface area contributed by atoms with Gasteiger partial charge in [0.05, 0.1) is 5.69 Å². The molecular weight excluding hydrogens is 480 g/mol. The summed E-state index contributed by atoms with van der Waals surface area (Å²) in [5.41, 5.74) is 8.46. The number of fused-ring (bicyclic) bond motifs is 1. The molecule has 3 N–H and O–H groups in total. The maximum atomic E-state index is 5.79. The number of nitrogens with one attached hydrogen (secondary N) is 1. The van der Waals surface area contributed by atoms with Gasteiger partial charge in [-0.25, -0.2) is 9.97 Å². The van der Waals surface area contributed by atoms with E-state index in [4.69, 9.17) is 10.7 Å². The number of rotatable bonds is 6. The Bertz CT molecular complexity index is 1100. The summed E-state index contributed by atoms with van der Waals surface area (Å²) >= 11 is 3.54. The van der Waals surface area contributed by atoms with Crippen LogP contribution in [-0.4, -0.2) is 16.0 Å². The molecule has 5 rings (SSSR count). The van der Waals surface area contributed by atoms with Crippen molar-refractivity contribution < 1.29 is 0 Å². The minimum Gasteiger partial charge on any atom is -0.328 e. The van der Waals surface area contributed by atoms with E-state index in [2.05, 4.69) is 67.5 Å². The smallest absolute Gasteiger partial charge is 0.188 e. The van der Waals surface area contributed by atoms with E-state index >= 15 is 0 Å². The normalized spacial score (nSPS) is 20.7. The largest absolute Gasteiger partial charge is 0.328 e. The second-order valence-electron chi connectivity index (χ2n) is 11.2. The average molecular weight is 523 g/mol. The Kier molecular flexibility index (Phi) is 9.48. The van der Waals surface area contributed by atoms with Gasteiger partial charge in [0.25, 0.3) is 0 Å². The summed E-state index contributed by atoms with van der Waals surface area (Å²) in [6, 6.07) is 15.2. The van der Waals surface area contributed by atoms with Gasteiger partial charge in [-0.15, -0.1) is 11.3 Å². The van der Waals surface area contributed by atoms with Crippen LogP contribution in [0.2, 0.25) is 0 Å². The highest BCUT2D eigenvalue weighted by atomic mass is 32.2. The predicted octanol–water partition coefficient (Wildman–Crippen LogP) is 8.56. The van der Waals surface area contributed by atoms with Crippen LogP contribution in [0.15, 0.2) is 52.3 Å². The SMILES string of the molecule is CCCC1CCC(N)CC1.Cc1cc(Sc2ccccc2)cc(Nc2nc3c(s2)CC(C)(C)CC3)n1. The molecule has 0 spiro atoms. The highest BCUT2D eigenvalue weighted by Gasteiger charge is 2.28. The maximum absolute atomic E-state index is 5.79. The van der Waals surface area contributed by atoms with Crippen LogP contribution in [-0.2, 0) is 12.8 Å². The van der Waals surface area contributed by atoms with Gasteiger partial charge in [0.1, 0.15) is 5.82 Å². The van der Waals surface area contributed by atoms with Crippen LogP contribution in [0.3, 0.4) is 0 Å². The molecule has 0 atom stereocenters. The Morgan fingerprint density at radius 3 is 2.53 bits per heavy atom. The van der Waals surface area contributed by atoms with Crippen molar-refractivity contribution in [2.75, 3.05) is 5.32 Å². The van der Waals surface area contributed by atoms with Gasteiger partial charge in [0.15, 0.2) is 5.13 Å². The van der Waals surface area contributed by atoms with Crippen molar-refractivity contribution >= 4 is 34.0 Å². The van der Waals surface area contributed by atoms with Gasteiger partial charge in [-0.1, -0.05) is 63.6 Å². The molecule has 194 valence electrons. The molecule has 0 bridgehead atoms. The molecule has 2 heterocycles. The first-order chi connectivity index (χ1) is 17.3. The minimum atomic E-state index is 0.387. The van der Waals surface area contributed by atoms with E-state index in [1.54, 1.807) is 23.1 Å². The van der Waals surface area contributed by atoms with Crippen LogP contribution < -0.4 is 11.1 Å². The number of thiazole rings is 1. The Labute approximate surface area is 225 Å². The highest BCUT2D eigenvalue weighted by molar-refractivity contribution is 7.99. The van der Waals surface area contributed by atoms with E-state index in [0.29, 0.717) is 11.5 Å². The highest BCUT2D eigenvalue weighted by Crippen LogP contribution is 2.39. The zero-order chi connectivity index (χ0) is 25.5. The Morgan fingerprint density at radius 1 is 1.06 bits per heavy atom. The monoisotopic (exact) mass is 522 g/mol. The van der Waals surface area contributed by atoms with Gasteiger partial charge >= 0.3 is 0 Å². The first kappa shape index (κ1) is 27.2. The third-order valence-electron chi connectivity index (χ3n) is 7.19. The number of aryl methyl sites for hydroxylation is 2. The number of nitrogens with two attached hydrogens (primary N) is 1. The lowest BCUT2D eigenvalue weighted by atomic mass is 9.79. The fourth-order valence-corrected chi connectivity index (χ4v) is 7.37. The third-order valence-corrected chi connectivity index (χ3v) is 9.18. The first-order valence-corrected chi connectivity index (χ1v) is 15.2. The van der Waals surface area contributed by atoms with E-state index in [1.165, 1.54) is 65.3 Å². The molecule has 36 heavy (non-hydrogen) atoms. The minimum absolute atomic E-state index is 0.387. The van der Waals surface area contributed by atoms with E-state index in [9.17, 15) is 0 Å². The van der Waals surface area contributed by atoms with Gasteiger partial charge in [-0.2, -0.15) is 0 Å². The number of hydrogen-bond donors (Lipinski definition) is 2. The fraction of sp³-hybridized carbons (Fsp3) is 0.533. The lowest BCUT2D eigenvalue weighted by Crippen LogP contribution is -2.26. The third kappa shape index (κ3) is 8.06. The van der Waals surface area contributed by atoms with Crippen molar-refractivity contribution in [3.05, 3.63) is 58.7 Å². The summed E-state index contributed by atoms with van der Waals surface area (Å²) in [5, 5.41) is 4.40. The molecule has 3 aromatic rings. The molecule has 0 saturated heterocycles. The van der Waals surface area contributed by atoms with Crippen molar-refractivity contribution in [1.29, 1.82) is 0 Å². The van der Waals surface area contributed by atoms with Gasteiger partial charge < -0.3 is 11.1 Å². The van der Waals surface area contributed by atoms with E-state index in [0.717, 1.165) is 35.4 Å². The molecule has 1 saturated carbocycles. The van der Waals surface area contributed by atoms with E-state index in [-0.39, 0.29) is 0 Å². The van der Waals surface area contributed by atoms with Gasteiger partial charge in [0.2, 0.25) is 0 Å². The molecule has 2 aliphatic carbocycles. The zero-order valence-electron chi connectivity index (χ0n) is 22.3. The molecule has 0 unspecified atom stereocenters. The molecule has 0 radical (unpaired) electrons. The van der Waals surface area contributed by atoms with Crippen molar-refractivity contribution in [1.82, 2.24) is 9.97 Å². The zero-order valence-corrected chi connectivity index (χ0v) is 24.0. The fourth-order valence-electron chi connectivity index (χ4n) is 5.13. The Hall–Kier alpha value is -1.89. The van der Waals surface area contributed by atoms with Crippen LogP contribution in [0.5, 0.6) is 0 Å². The van der Waals surface area contributed by atoms with E-state index in [1.807, 2.05) is 13.0 Å². The lowest BCUT2D eigenvalue weighted by Gasteiger charge is -2.28. The lowest BCUT2D eigenvalue weighted by molar-refractivity contribution is 0.309. The standard InChI is InChI=1S/C21H23N3S2.C9H19N/c1-14-11-16(25-15-7-5-4-6-8-15)12-19(22-14)24-20-23-17-9-10-21(2,3)13-18(17)26-20;1-2-3-8-4-6-9(10)7-5-8/h4-8,11-12H,9-10,13H2,1-3H3,(H,22,23,24);8-9H,2-7,10H2,1H3. The first-order valence-electron chi connectivity index (χ1n) is 13.5. The topological polar surface area (TPSA) is 63.8 Å². The number of pyridine rings is 1. The van der Waals surface area contributed by atoms with Crippen molar-refractivity contribution in [2.45, 2.75) is 101 Å². The summed E-state index contributed by atoms with van der Waals surface area (Å²) in [5.74, 6) is 1.87. The maximum Gasteiger partial charge on any atom is 0.188 e. The summed E-state index contributed by atoms with van der Waals surface area (Å²) < 4.78 is 0. The van der Waals surface area contributed by atoms with Gasteiger partial charge in [-0.3, -0.25) is 0 Å². The summed E-state index contributed by atoms with van der Waals surface area (Å²) in [7, 11) is 0. The molecule has 1 aromatic carbocycles. The molecule has 6 heteroatoms. The molecule has 2 aliphatic rings. The summed E-state index contributed by atoms with van der Waals surface area (Å²) in [4.78, 5) is 13.3. The number of nitrogens with zero attached hydrogens (tertiary/aromatic N) is 2. The Balaban J connectivity index is 0.000000256. The van der Waals surface area contributed by atoms with Crippen molar-refractivity contribution in [3.63, 3.8) is 0 Å². The molecular formula is C30H42N4S2. The van der Waals surface area contributed by atoms with Crippen LogP contribution in [0, 0.1) is 18.3 Å². The van der Waals surface area contributed by atoms with Gasteiger partial charge in [-0.05, 0) is 87.5 Å². The number of anilines is 2. The number of hydrogen-bond acceptors (Lipinski definition) is 6. The molecule has 0 aliphatic heterocycles. The Morgan fingerprint density at radius 2 is 1.81 bits per heavy atom. The molecule has 0 amide bonds. The molecule has 2 aromatic heterocycles. The second kappa shape index (κ2) is 12.6. The van der Waals surface area contributed by atoms with Crippen molar-refractivity contribution in [2.24, 2.45) is 17.1 Å². The van der Waals surface area contributed by atoms with Crippen LogP contribution in [0.25, 0.3) is 0 Å². The van der Waals surface area contributed by atoms with Crippen molar-refractivity contribution in [3.8, 4) is 0 Å². The molecule has 1 fully saturated rings.